The van der Waals surface area contributed by atoms with Gasteiger partial charge in [-0.05, 0) is 61.7 Å². The van der Waals surface area contributed by atoms with E-state index in [1.54, 1.807) is 50.2 Å². The summed E-state index contributed by atoms with van der Waals surface area (Å²) in [6.45, 7) is 9.77. The van der Waals surface area contributed by atoms with Crippen LogP contribution in [0.2, 0.25) is 0 Å². The second-order valence-corrected chi connectivity index (χ2v) is 15.7. The van der Waals surface area contributed by atoms with Gasteiger partial charge in [-0.3, -0.25) is 19.2 Å². The van der Waals surface area contributed by atoms with E-state index < -0.39 is 12.2 Å². The molecule has 4 heterocycles. The van der Waals surface area contributed by atoms with E-state index in [1.807, 2.05) is 66.3 Å². The van der Waals surface area contributed by atoms with Gasteiger partial charge in [0.05, 0.1) is 18.6 Å². The topological polar surface area (TPSA) is 113 Å². The van der Waals surface area contributed by atoms with Gasteiger partial charge in [-0.1, -0.05) is 66.7 Å². The van der Waals surface area contributed by atoms with Crippen molar-refractivity contribution in [3.8, 4) is 5.75 Å². The number of nitrogens with zero attached hydrogens (tertiary/aromatic N) is 7. The minimum atomic E-state index is -0.883. The van der Waals surface area contributed by atoms with Crippen molar-refractivity contribution in [3.63, 3.8) is 0 Å². The van der Waals surface area contributed by atoms with Crippen molar-refractivity contribution in [1.29, 1.82) is 0 Å². The molecule has 12 heteroatoms. The highest BCUT2D eigenvalue weighted by Gasteiger charge is 2.51. The molecule has 0 unspecified atom stereocenters. The zero-order valence-corrected chi connectivity index (χ0v) is 33.3. The van der Waals surface area contributed by atoms with Crippen molar-refractivity contribution in [2.24, 2.45) is 7.05 Å². The van der Waals surface area contributed by atoms with Gasteiger partial charge in [0.1, 0.15) is 18.0 Å². The maximum Gasteiger partial charge on any atom is 0.246 e. The summed E-state index contributed by atoms with van der Waals surface area (Å²) < 4.78 is 1.98. The van der Waals surface area contributed by atoms with Crippen LogP contribution in [0.3, 0.4) is 0 Å². The number of carbonyl (C=O) groups is 4. The van der Waals surface area contributed by atoms with Crippen LogP contribution < -0.4 is 0 Å². The lowest BCUT2D eigenvalue weighted by atomic mass is 9.97. The summed E-state index contributed by atoms with van der Waals surface area (Å²) in [6, 6.07) is 21.5. The fourth-order valence-corrected chi connectivity index (χ4v) is 8.71. The van der Waals surface area contributed by atoms with Gasteiger partial charge in [-0.15, -0.1) is 6.58 Å². The Balaban J connectivity index is 1.15. The molecule has 57 heavy (non-hydrogen) atoms. The van der Waals surface area contributed by atoms with Crippen molar-refractivity contribution >= 4 is 34.4 Å². The zero-order valence-electron chi connectivity index (χ0n) is 33.3. The number of para-hydroxylation sites is 1. The average Bonchev–Trinajstić information content (AvgIpc) is 3.56. The van der Waals surface area contributed by atoms with E-state index in [4.69, 9.17) is 0 Å². The normalized spacial score (nSPS) is 19.6. The molecule has 3 fully saturated rings. The standard InChI is InChI=1S/C45H55N7O5/c1-4-22-50-32-43(56)51-39(28-34-16-19-36(53)20-17-34)45(57)49(31-41(51)52(50)42(55)21-18-33-11-6-5-7-12-33)29-35-13-10-14-37-38(30-47(3)44(35)37)40(54)15-8-9-23-48-26-24-46(2)25-27-48/h4-7,10-14,16-17,19-20,30,39,41,53H,1,8-9,15,18,21-29,31-32H2,2-3H3/t39-,41-/m0/s1. The fraction of sp³-hybridized carbons (Fsp3) is 0.422. The second kappa shape index (κ2) is 17.9. The van der Waals surface area contributed by atoms with Crippen molar-refractivity contribution < 1.29 is 24.3 Å². The van der Waals surface area contributed by atoms with Gasteiger partial charge < -0.3 is 29.3 Å². The Morgan fingerprint density at radius 2 is 1.63 bits per heavy atom. The summed E-state index contributed by atoms with van der Waals surface area (Å²) >= 11 is 0. The first-order valence-corrected chi connectivity index (χ1v) is 20.2. The zero-order chi connectivity index (χ0) is 40.1. The number of ketones is 1. The molecule has 12 nitrogen and oxygen atoms in total. The summed E-state index contributed by atoms with van der Waals surface area (Å²) in [6.07, 6.45) is 6.09. The molecule has 0 spiro atoms. The quantitative estimate of drug-likeness (QED) is 0.107. The van der Waals surface area contributed by atoms with E-state index >= 15 is 0 Å². The van der Waals surface area contributed by atoms with E-state index in [0.29, 0.717) is 24.9 Å². The van der Waals surface area contributed by atoms with E-state index in [1.165, 1.54) is 0 Å². The third-order valence-electron chi connectivity index (χ3n) is 11.7. The Hall–Kier alpha value is -5.30. The first kappa shape index (κ1) is 39.9. The monoisotopic (exact) mass is 773 g/mol. The van der Waals surface area contributed by atoms with Crippen LogP contribution in [0, 0.1) is 0 Å². The molecule has 3 saturated heterocycles. The molecule has 1 aromatic heterocycles. The molecule has 300 valence electrons. The number of aromatic nitrogens is 1. The smallest absolute Gasteiger partial charge is 0.246 e. The third kappa shape index (κ3) is 8.98. The number of hydrogen-bond acceptors (Lipinski definition) is 8. The van der Waals surface area contributed by atoms with Crippen molar-refractivity contribution in [1.82, 2.24) is 34.2 Å². The molecule has 0 aliphatic carbocycles. The number of hydrogen-bond donors (Lipinski definition) is 1. The number of fused-ring (bicyclic) bond motifs is 2. The Morgan fingerprint density at radius 3 is 2.37 bits per heavy atom. The molecule has 4 aromatic rings. The van der Waals surface area contributed by atoms with Gasteiger partial charge in [0.25, 0.3) is 0 Å². The molecular weight excluding hydrogens is 719 g/mol. The SMILES string of the molecule is C=CCN1CC(=O)N2[C@@H](Cc3ccc(O)cc3)C(=O)N(Cc3cccc4c(C(=O)CCCCN5CCN(C)CC5)cn(C)c34)C[C@@H]2N1C(=O)CCc1ccccc1. The van der Waals surface area contributed by atoms with Crippen LogP contribution in [0.15, 0.2) is 91.6 Å². The number of aryl methyl sites for hydroxylation is 2. The first-order valence-electron chi connectivity index (χ1n) is 20.2. The largest absolute Gasteiger partial charge is 0.508 e. The van der Waals surface area contributed by atoms with Crippen molar-refractivity contribution in [2.45, 2.75) is 57.3 Å². The molecule has 3 aromatic carbocycles. The summed E-state index contributed by atoms with van der Waals surface area (Å²) in [7, 11) is 4.09. The van der Waals surface area contributed by atoms with Gasteiger partial charge in [0, 0.05) is 82.7 Å². The van der Waals surface area contributed by atoms with Crippen LogP contribution in [-0.4, -0.2) is 134 Å². The minimum Gasteiger partial charge on any atom is -0.508 e. The number of unbranched alkanes of at least 4 members (excludes halogenated alkanes) is 1. The van der Waals surface area contributed by atoms with Gasteiger partial charge in [-0.25, -0.2) is 10.0 Å². The number of amides is 3. The summed E-state index contributed by atoms with van der Waals surface area (Å²) in [5.74, 6) is -0.373. The highest BCUT2D eigenvalue weighted by molar-refractivity contribution is 6.08. The lowest BCUT2D eigenvalue weighted by Gasteiger charge is -2.55. The molecule has 0 radical (unpaired) electrons. The molecule has 3 aliphatic heterocycles. The number of piperazine rings is 2. The van der Waals surface area contributed by atoms with Crippen LogP contribution in [0.5, 0.6) is 5.75 Å². The Morgan fingerprint density at radius 1 is 0.877 bits per heavy atom. The average molecular weight is 774 g/mol. The highest BCUT2D eigenvalue weighted by Crippen LogP contribution is 2.32. The van der Waals surface area contributed by atoms with Gasteiger partial charge >= 0.3 is 0 Å². The Labute approximate surface area is 335 Å². The molecule has 0 saturated carbocycles. The number of phenolic OH excluding ortho intramolecular Hbond substituents is 1. The number of rotatable bonds is 15. The number of likely N-dealkylation sites (N-methyl/N-ethyl adjacent to an activating group) is 1. The number of hydrazine groups is 1. The maximum atomic E-state index is 14.7. The van der Waals surface area contributed by atoms with Crippen LogP contribution in [-0.2, 0) is 40.8 Å². The van der Waals surface area contributed by atoms with E-state index in [2.05, 4.69) is 23.4 Å². The number of Topliss-reactive ketones (excluding diaryl/α,β-unsaturated/α-hetero) is 1. The molecular formula is C45H55N7O5. The van der Waals surface area contributed by atoms with E-state index in [0.717, 1.165) is 73.2 Å². The Bertz CT molecular complexity index is 2070. The van der Waals surface area contributed by atoms with Gasteiger partial charge in [0.15, 0.2) is 5.78 Å². The van der Waals surface area contributed by atoms with Crippen molar-refractivity contribution in [3.05, 3.63) is 114 Å². The lowest BCUT2D eigenvalue weighted by molar-refractivity contribution is -0.205. The first-order chi connectivity index (χ1) is 27.6. The van der Waals surface area contributed by atoms with Crippen LogP contribution in [0.4, 0.5) is 0 Å². The second-order valence-electron chi connectivity index (χ2n) is 15.7. The van der Waals surface area contributed by atoms with Crippen LogP contribution in [0.1, 0.15) is 52.7 Å². The van der Waals surface area contributed by atoms with Crippen LogP contribution in [0.25, 0.3) is 10.9 Å². The number of phenols is 1. The number of aromatic hydroxyl groups is 1. The van der Waals surface area contributed by atoms with Crippen molar-refractivity contribution in [2.75, 3.05) is 59.4 Å². The van der Waals surface area contributed by atoms with Gasteiger partial charge in [-0.2, -0.15) is 0 Å². The minimum absolute atomic E-state index is 0.0612. The molecule has 2 atom stereocenters. The van der Waals surface area contributed by atoms with E-state index in [-0.39, 0.29) is 61.7 Å². The summed E-state index contributed by atoms with van der Waals surface area (Å²) in [5, 5.41) is 14.3. The predicted octanol–water partition coefficient (Wildman–Crippen LogP) is 4.47. The van der Waals surface area contributed by atoms with E-state index in [9.17, 15) is 24.3 Å². The maximum absolute atomic E-state index is 14.7. The lowest BCUT2D eigenvalue weighted by Crippen LogP contribution is -2.75. The number of benzene rings is 3. The Kier molecular flexibility index (Phi) is 12.5. The summed E-state index contributed by atoms with van der Waals surface area (Å²) in [4.78, 5) is 64.9. The van der Waals surface area contributed by atoms with Crippen LogP contribution >= 0.6 is 0 Å². The van der Waals surface area contributed by atoms with Gasteiger partial charge in [0.2, 0.25) is 17.7 Å². The highest BCUT2D eigenvalue weighted by atomic mass is 16.3. The third-order valence-corrected chi connectivity index (χ3v) is 11.7. The molecule has 0 bridgehead atoms. The fourth-order valence-electron chi connectivity index (χ4n) is 8.71. The predicted molar refractivity (Wildman–Crippen MR) is 220 cm³/mol. The molecule has 7 rings (SSSR count). The number of carbonyl (C=O) groups excluding carboxylic acids is 4. The molecule has 3 aliphatic rings. The summed E-state index contributed by atoms with van der Waals surface area (Å²) in [5.41, 5.74) is 4.26. The molecule has 1 N–H and O–H groups in total. The molecule has 3 amide bonds.